The van der Waals surface area contributed by atoms with Crippen LogP contribution in [0.15, 0.2) is 0 Å². The van der Waals surface area contributed by atoms with Crippen LogP contribution in [0.4, 0.5) is 0 Å². The molecule has 0 aromatic heterocycles. The second-order valence-electron chi connectivity index (χ2n) is 5.62. The van der Waals surface area contributed by atoms with E-state index in [1.165, 1.54) is 32.4 Å². The Morgan fingerprint density at radius 2 is 2.00 bits per heavy atom. The van der Waals surface area contributed by atoms with Crippen molar-refractivity contribution in [3.8, 4) is 0 Å². The van der Waals surface area contributed by atoms with Gasteiger partial charge in [0.05, 0.1) is 0 Å². The Hall–Kier alpha value is -0.570. The molecule has 2 aliphatic heterocycles. The molecule has 2 fully saturated rings. The predicted octanol–water partition coefficient (Wildman–Crippen LogP) is 1.39. The quantitative estimate of drug-likeness (QED) is 0.747. The smallest absolute Gasteiger partial charge is 0.225 e. The normalized spacial score (nSPS) is 31.6. The van der Waals surface area contributed by atoms with Crippen molar-refractivity contribution in [3.63, 3.8) is 0 Å². The van der Waals surface area contributed by atoms with Crippen molar-refractivity contribution in [1.29, 1.82) is 0 Å². The van der Waals surface area contributed by atoms with Crippen LogP contribution in [0, 0.1) is 5.41 Å². The van der Waals surface area contributed by atoms with Gasteiger partial charge in [0.25, 0.3) is 0 Å². The fourth-order valence-corrected chi connectivity index (χ4v) is 2.70. The number of hydrogen-bond donors (Lipinski definition) is 1. The van der Waals surface area contributed by atoms with Gasteiger partial charge < -0.3 is 10.2 Å². The van der Waals surface area contributed by atoms with Crippen LogP contribution in [0.5, 0.6) is 0 Å². The van der Waals surface area contributed by atoms with Crippen LogP contribution >= 0.6 is 0 Å². The SMILES string of the molecule is CC1(C)CC(CN2CCCCC2)NC1=O. The summed E-state index contributed by atoms with van der Waals surface area (Å²) < 4.78 is 0. The zero-order valence-electron chi connectivity index (χ0n) is 9.88. The first-order valence-electron chi connectivity index (χ1n) is 6.11. The van der Waals surface area contributed by atoms with E-state index in [0.29, 0.717) is 6.04 Å². The summed E-state index contributed by atoms with van der Waals surface area (Å²) in [4.78, 5) is 14.1. The van der Waals surface area contributed by atoms with E-state index in [1.807, 2.05) is 13.8 Å². The van der Waals surface area contributed by atoms with Gasteiger partial charge in [0.2, 0.25) is 5.91 Å². The molecule has 2 saturated heterocycles. The van der Waals surface area contributed by atoms with Crippen molar-refractivity contribution in [2.45, 2.75) is 45.6 Å². The molecule has 0 spiro atoms. The zero-order valence-corrected chi connectivity index (χ0v) is 9.88. The molecule has 86 valence electrons. The molecule has 0 radical (unpaired) electrons. The van der Waals surface area contributed by atoms with Gasteiger partial charge in [-0.1, -0.05) is 20.3 Å². The first kappa shape index (κ1) is 10.9. The van der Waals surface area contributed by atoms with Gasteiger partial charge in [-0.25, -0.2) is 0 Å². The summed E-state index contributed by atoms with van der Waals surface area (Å²) in [6, 6.07) is 0.380. The van der Waals surface area contributed by atoms with E-state index < -0.39 is 0 Å². The predicted molar refractivity (Wildman–Crippen MR) is 60.6 cm³/mol. The molecule has 1 unspecified atom stereocenters. The molecular weight excluding hydrogens is 188 g/mol. The Bertz CT molecular complexity index is 244. The molecule has 1 amide bonds. The molecule has 0 bridgehead atoms. The number of likely N-dealkylation sites (tertiary alicyclic amines) is 1. The van der Waals surface area contributed by atoms with Crippen LogP contribution in [0.1, 0.15) is 39.5 Å². The van der Waals surface area contributed by atoms with Gasteiger partial charge >= 0.3 is 0 Å². The largest absolute Gasteiger partial charge is 0.352 e. The molecule has 3 nitrogen and oxygen atoms in total. The minimum absolute atomic E-state index is 0.152. The van der Waals surface area contributed by atoms with Gasteiger partial charge in [-0.05, 0) is 32.4 Å². The Balaban J connectivity index is 1.83. The molecular formula is C12H22N2O. The van der Waals surface area contributed by atoms with Crippen molar-refractivity contribution < 1.29 is 4.79 Å². The summed E-state index contributed by atoms with van der Waals surface area (Å²) in [7, 11) is 0. The average molecular weight is 210 g/mol. The summed E-state index contributed by atoms with van der Waals surface area (Å²) in [5.41, 5.74) is -0.152. The van der Waals surface area contributed by atoms with E-state index in [1.54, 1.807) is 0 Å². The third-order valence-electron chi connectivity index (χ3n) is 3.63. The van der Waals surface area contributed by atoms with Gasteiger partial charge in [0.1, 0.15) is 0 Å². The molecule has 0 aromatic rings. The summed E-state index contributed by atoms with van der Waals surface area (Å²) in [5.74, 6) is 0.226. The van der Waals surface area contributed by atoms with Crippen molar-refractivity contribution in [2.24, 2.45) is 5.41 Å². The highest BCUT2D eigenvalue weighted by Gasteiger charge is 2.39. The molecule has 2 rings (SSSR count). The minimum atomic E-state index is -0.152. The molecule has 0 aromatic carbocycles. The van der Waals surface area contributed by atoms with E-state index in [4.69, 9.17) is 0 Å². The first-order valence-corrected chi connectivity index (χ1v) is 6.11. The summed E-state index contributed by atoms with van der Waals surface area (Å²) in [5, 5.41) is 3.11. The molecule has 0 saturated carbocycles. The zero-order chi connectivity index (χ0) is 10.9. The van der Waals surface area contributed by atoms with Crippen molar-refractivity contribution in [1.82, 2.24) is 10.2 Å². The third-order valence-corrected chi connectivity index (χ3v) is 3.63. The maximum Gasteiger partial charge on any atom is 0.225 e. The number of amides is 1. The van der Waals surface area contributed by atoms with E-state index in [9.17, 15) is 4.79 Å². The topological polar surface area (TPSA) is 32.3 Å². The van der Waals surface area contributed by atoms with Crippen LogP contribution in [0.2, 0.25) is 0 Å². The summed E-state index contributed by atoms with van der Waals surface area (Å²) in [6.07, 6.45) is 5.01. The standard InChI is InChI=1S/C12H22N2O/c1-12(2)8-10(13-11(12)15)9-14-6-4-3-5-7-14/h10H,3-9H2,1-2H3,(H,13,15). The number of rotatable bonds is 2. The van der Waals surface area contributed by atoms with Crippen molar-refractivity contribution in [2.75, 3.05) is 19.6 Å². The van der Waals surface area contributed by atoms with Crippen molar-refractivity contribution in [3.05, 3.63) is 0 Å². The highest BCUT2D eigenvalue weighted by atomic mass is 16.2. The number of piperidine rings is 1. The lowest BCUT2D eigenvalue weighted by Crippen LogP contribution is -2.41. The Morgan fingerprint density at radius 1 is 1.33 bits per heavy atom. The van der Waals surface area contributed by atoms with Crippen LogP contribution in [-0.2, 0) is 4.79 Å². The lowest BCUT2D eigenvalue weighted by molar-refractivity contribution is -0.126. The van der Waals surface area contributed by atoms with Crippen LogP contribution in [0.3, 0.4) is 0 Å². The number of nitrogens with zero attached hydrogens (tertiary/aromatic N) is 1. The highest BCUT2D eigenvalue weighted by Crippen LogP contribution is 2.29. The summed E-state index contributed by atoms with van der Waals surface area (Å²) >= 11 is 0. The Morgan fingerprint density at radius 3 is 2.53 bits per heavy atom. The molecule has 2 heterocycles. The number of hydrogen-bond acceptors (Lipinski definition) is 2. The Kier molecular flexibility index (Phi) is 3.01. The molecule has 1 N–H and O–H groups in total. The third kappa shape index (κ3) is 2.51. The molecule has 1 atom stereocenters. The lowest BCUT2D eigenvalue weighted by Gasteiger charge is -2.29. The Labute approximate surface area is 92.2 Å². The van der Waals surface area contributed by atoms with Gasteiger partial charge in [0.15, 0.2) is 0 Å². The molecule has 3 heteroatoms. The number of carbonyl (C=O) groups excluding carboxylic acids is 1. The van der Waals surface area contributed by atoms with Crippen LogP contribution < -0.4 is 5.32 Å². The van der Waals surface area contributed by atoms with E-state index >= 15 is 0 Å². The van der Waals surface area contributed by atoms with E-state index in [0.717, 1.165) is 13.0 Å². The second kappa shape index (κ2) is 4.12. The fourth-order valence-electron chi connectivity index (χ4n) is 2.70. The molecule has 15 heavy (non-hydrogen) atoms. The highest BCUT2D eigenvalue weighted by molar-refractivity contribution is 5.84. The minimum Gasteiger partial charge on any atom is -0.352 e. The average Bonchev–Trinajstić information content (AvgIpc) is 2.42. The second-order valence-corrected chi connectivity index (χ2v) is 5.62. The van der Waals surface area contributed by atoms with Crippen molar-refractivity contribution >= 4 is 5.91 Å². The number of carbonyl (C=O) groups is 1. The van der Waals surface area contributed by atoms with Crippen LogP contribution in [-0.4, -0.2) is 36.5 Å². The van der Waals surface area contributed by atoms with E-state index in [-0.39, 0.29) is 11.3 Å². The maximum absolute atomic E-state index is 11.6. The van der Waals surface area contributed by atoms with Gasteiger partial charge in [-0.3, -0.25) is 4.79 Å². The molecule has 0 aliphatic carbocycles. The van der Waals surface area contributed by atoms with Crippen LogP contribution in [0.25, 0.3) is 0 Å². The molecule has 2 aliphatic rings. The first-order chi connectivity index (χ1) is 7.08. The maximum atomic E-state index is 11.6. The lowest BCUT2D eigenvalue weighted by atomic mass is 9.89. The van der Waals surface area contributed by atoms with E-state index in [2.05, 4.69) is 10.2 Å². The van der Waals surface area contributed by atoms with Gasteiger partial charge in [0, 0.05) is 18.0 Å². The van der Waals surface area contributed by atoms with Gasteiger partial charge in [-0.15, -0.1) is 0 Å². The monoisotopic (exact) mass is 210 g/mol. The fraction of sp³-hybridized carbons (Fsp3) is 0.917. The summed E-state index contributed by atoms with van der Waals surface area (Å²) in [6.45, 7) is 7.56. The van der Waals surface area contributed by atoms with Gasteiger partial charge in [-0.2, -0.15) is 0 Å². The number of nitrogens with one attached hydrogen (secondary N) is 1.